The predicted molar refractivity (Wildman–Crippen MR) is 51.2 cm³/mol. The van der Waals surface area contributed by atoms with Gasteiger partial charge in [0.05, 0.1) is 5.56 Å². The number of pyridine rings is 1. The van der Waals surface area contributed by atoms with Crippen molar-refractivity contribution in [1.29, 1.82) is 10.5 Å². The number of fused-ring (bicyclic) bond motifs is 1. The Labute approximate surface area is 90.3 Å². The first-order valence-electron chi connectivity index (χ1n) is 4.29. The molecule has 2 rings (SSSR count). The maximum absolute atomic E-state index is 11.7. The minimum atomic E-state index is -0.672. The summed E-state index contributed by atoms with van der Waals surface area (Å²) in [5, 5.41) is 17.5. The zero-order chi connectivity index (χ0) is 11.7. The van der Waals surface area contributed by atoms with Crippen LogP contribution in [0.1, 0.15) is 20.8 Å². The number of carbonyl (C=O) groups excluding carboxylic acids is 2. The van der Waals surface area contributed by atoms with Crippen LogP contribution in [0.4, 0.5) is 0 Å². The minimum absolute atomic E-state index is 0.0666. The van der Waals surface area contributed by atoms with Gasteiger partial charge in [-0.1, -0.05) is 0 Å². The van der Waals surface area contributed by atoms with Gasteiger partial charge in [-0.2, -0.15) is 10.5 Å². The lowest BCUT2D eigenvalue weighted by Crippen LogP contribution is -2.22. The van der Waals surface area contributed by atoms with E-state index in [1.54, 1.807) is 12.1 Å². The van der Waals surface area contributed by atoms with E-state index in [1.807, 2.05) is 0 Å². The fourth-order valence-electron chi connectivity index (χ4n) is 1.46. The van der Waals surface area contributed by atoms with Gasteiger partial charge in [0.2, 0.25) is 11.6 Å². The number of allylic oxidation sites excluding steroid dienone is 2. The van der Waals surface area contributed by atoms with E-state index in [0.29, 0.717) is 0 Å². The van der Waals surface area contributed by atoms with Crippen molar-refractivity contribution >= 4 is 11.6 Å². The lowest BCUT2D eigenvalue weighted by molar-refractivity contribution is 0.0978. The molecule has 5 heteroatoms. The number of hydrogen-bond donors (Lipinski definition) is 0. The molecule has 1 aliphatic rings. The molecule has 0 saturated carbocycles. The van der Waals surface area contributed by atoms with Gasteiger partial charge in [0.15, 0.2) is 0 Å². The number of Topliss-reactive ketones (excluding diaryl/α,β-unsaturated/α-hetero) is 2. The van der Waals surface area contributed by atoms with Crippen molar-refractivity contribution in [3.05, 3.63) is 40.7 Å². The van der Waals surface area contributed by atoms with Crippen LogP contribution in [0.25, 0.3) is 0 Å². The first kappa shape index (κ1) is 9.75. The maximum atomic E-state index is 11.7. The largest absolute Gasteiger partial charge is 0.288 e. The molecule has 0 aromatic carbocycles. The van der Waals surface area contributed by atoms with Gasteiger partial charge in [0, 0.05) is 6.20 Å². The Morgan fingerprint density at radius 2 is 1.69 bits per heavy atom. The third-order valence-electron chi connectivity index (χ3n) is 2.20. The molecule has 0 radical (unpaired) electrons. The molecule has 1 aromatic heterocycles. The number of ketones is 2. The molecule has 0 unspecified atom stereocenters. The van der Waals surface area contributed by atoms with E-state index in [0.717, 1.165) is 0 Å². The molecule has 0 bridgehead atoms. The second kappa shape index (κ2) is 3.41. The van der Waals surface area contributed by atoms with Crippen LogP contribution in [0.5, 0.6) is 0 Å². The van der Waals surface area contributed by atoms with E-state index >= 15 is 0 Å². The van der Waals surface area contributed by atoms with Crippen molar-refractivity contribution in [2.24, 2.45) is 0 Å². The molecule has 0 aliphatic heterocycles. The normalized spacial score (nSPS) is 14.1. The van der Waals surface area contributed by atoms with Crippen LogP contribution in [0.15, 0.2) is 29.5 Å². The maximum Gasteiger partial charge on any atom is 0.224 e. The van der Waals surface area contributed by atoms with Crippen LogP contribution in [0.2, 0.25) is 0 Å². The van der Waals surface area contributed by atoms with Crippen LogP contribution in [-0.4, -0.2) is 16.6 Å². The van der Waals surface area contributed by atoms with Gasteiger partial charge >= 0.3 is 0 Å². The average Bonchev–Trinajstić information content (AvgIpc) is 2.33. The summed E-state index contributed by atoms with van der Waals surface area (Å²) in [5.41, 5.74) is -0.835. The zero-order valence-electron chi connectivity index (χ0n) is 7.89. The molecule has 0 amide bonds. The van der Waals surface area contributed by atoms with Gasteiger partial charge in [-0.05, 0) is 12.1 Å². The van der Waals surface area contributed by atoms with Gasteiger partial charge in [-0.25, -0.2) is 0 Å². The van der Waals surface area contributed by atoms with Crippen LogP contribution < -0.4 is 0 Å². The van der Waals surface area contributed by atoms with Gasteiger partial charge < -0.3 is 0 Å². The molecular weight excluding hydrogens is 206 g/mol. The third-order valence-corrected chi connectivity index (χ3v) is 2.20. The second-order valence-electron chi connectivity index (χ2n) is 3.03. The molecule has 0 saturated heterocycles. The van der Waals surface area contributed by atoms with E-state index in [1.165, 1.54) is 18.3 Å². The Bertz CT molecular complexity index is 574. The van der Waals surface area contributed by atoms with Gasteiger partial charge in [-0.15, -0.1) is 0 Å². The molecule has 0 fully saturated rings. The summed E-state index contributed by atoms with van der Waals surface area (Å²) in [6, 6.07) is 6.06. The van der Waals surface area contributed by atoms with E-state index < -0.39 is 22.7 Å². The number of nitriles is 2. The quantitative estimate of drug-likeness (QED) is 0.629. The summed E-state index contributed by atoms with van der Waals surface area (Å²) < 4.78 is 0. The predicted octanol–water partition coefficient (Wildman–Crippen LogP) is 0.804. The first-order valence-corrected chi connectivity index (χ1v) is 4.29. The van der Waals surface area contributed by atoms with Crippen molar-refractivity contribution in [3.63, 3.8) is 0 Å². The first-order chi connectivity index (χ1) is 7.70. The number of aromatic nitrogens is 1. The van der Waals surface area contributed by atoms with Gasteiger partial charge in [-0.3, -0.25) is 14.6 Å². The van der Waals surface area contributed by atoms with E-state index in [9.17, 15) is 9.59 Å². The molecule has 1 heterocycles. The van der Waals surface area contributed by atoms with Crippen LogP contribution >= 0.6 is 0 Å². The Morgan fingerprint density at radius 3 is 2.31 bits per heavy atom. The average molecular weight is 209 g/mol. The van der Waals surface area contributed by atoms with Crippen LogP contribution in [0.3, 0.4) is 0 Å². The lowest BCUT2D eigenvalue weighted by atomic mass is 9.88. The topological polar surface area (TPSA) is 94.6 Å². The molecule has 0 N–H and O–H groups in total. The van der Waals surface area contributed by atoms with E-state index in [2.05, 4.69) is 4.98 Å². The summed E-state index contributed by atoms with van der Waals surface area (Å²) in [6.45, 7) is 0. The monoisotopic (exact) mass is 209 g/mol. The fourth-order valence-corrected chi connectivity index (χ4v) is 1.46. The highest BCUT2D eigenvalue weighted by Crippen LogP contribution is 2.23. The summed E-state index contributed by atoms with van der Waals surface area (Å²) >= 11 is 0. The molecular formula is C11H3N3O2. The van der Waals surface area contributed by atoms with E-state index in [-0.39, 0.29) is 11.3 Å². The molecule has 5 nitrogen and oxygen atoms in total. The van der Waals surface area contributed by atoms with E-state index in [4.69, 9.17) is 10.5 Å². The summed E-state index contributed by atoms with van der Waals surface area (Å²) in [6.07, 6.45) is 1.36. The van der Waals surface area contributed by atoms with Crippen molar-refractivity contribution < 1.29 is 9.59 Å². The number of nitrogens with zero attached hydrogens (tertiary/aromatic N) is 3. The van der Waals surface area contributed by atoms with Gasteiger partial charge in [0.25, 0.3) is 0 Å². The highest BCUT2D eigenvalue weighted by Gasteiger charge is 2.33. The van der Waals surface area contributed by atoms with Crippen molar-refractivity contribution in [1.82, 2.24) is 4.98 Å². The molecule has 0 spiro atoms. The molecule has 0 atom stereocenters. The summed E-state index contributed by atoms with van der Waals surface area (Å²) in [5.74, 6) is -1.30. The number of rotatable bonds is 0. The number of carbonyl (C=O) groups is 2. The highest BCUT2D eigenvalue weighted by molar-refractivity contribution is 6.28. The van der Waals surface area contributed by atoms with Gasteiger partial charge in [0.1, 0.15) is 29.0 Å². The third kappa shape index (κ3) is 1.13. The highest BCUT2D eigenvalue weighted by atomic mass is 16.1. The van der Waals surface area contributed by atoms with Crippen molar-refractivity contribution in [2.75, 3.05) is 0 Å². The lowest BCUT2D eigenvalue weighted by Gasteiger charge is -2.11. The Kier molecular flexibility index (Phi) is 2.08. The standard InChI is InChI=1S/C11H3N3O2/c12-4-7-8(5-13)11(16)9-6(10(7)15)2-1-3-14-9/h1-3H. The van der Waals surface area contributed by atoms with Crippen LogP contribution in [-0.2, 0) is 0 Å². The molecule has 1 aromatic rings. The van der Waals surface area contributed by atoms with Crippen molar-refractivity contribution in [2.45, 2.75) is 0 Å². The Hall–Kier alpha value is -2.79. The Balaban J connectivity index is 2.79. The smallest absolute Gasteiger partial charge is 0.224 e. The van der Waals surface area contributed by atoms with Crippen molar-refractivity contribution in [3.8, 4) is 12.1 Å². The molecule has 1 aliphatic carbocycles. The summed E-state index contributed by atoms with van der Waals surface area (Å²) in [4.78, 5) is 27.2. The number of hydrogen-bond acceptors (Lipinski definition) is 5. The zero-order valence-corrected chi connectivity index (χ0v) is 7.89. The molecule has 16 heavy (non-hydrogen) atoms. The summed E-state index contributed by atoms with van der Waals surface area (Å²) in [7, 11) is 0. The molecule has 74 valence electrons. The SMILES string of the molecule is N#CC1=C(C#N)C(=O)c2ncccc2C1=O. The Morgan fingerprint density at radius 1 is 1.06 bits per heavy atom. The fraction of sp³-hybridized carbons (Fsp3) is 0. The second-order valence-corrected chi connectivity index (χ2v) is 3.03. The minimum Gasteiger partial charge on any atom is -0.288 e. The van der Waals surface area contributed by atoms with Crippen LogP contribution in [0, 0.1) is 22.7 Å².